The molecule has 0 amide bonds. The number of allylic oxidation sites excluding steroid dienone is 4. The minimum Gasteiger partial charge on any atom is -0.462 e. The van der Waals surface area contributed by atoms with Gasteiger partial charge in [-0.25, -0.2) is 0 Å². The zero-order chi connectivity index (χ0) is 33.1. The number of aliphatic hydroxyl groups excluding tert-OH is 3. The Bertz CT molecular complexity index is 1220. The van der Waals surface area contributed by atoms with Crippen molar-refractivity contribution in [1.82, 2.24) is 0 Å². The molecule has 11 atom stereocenters. The smallest absolute Gasteiger partial charge is 0.311 e. The van der Waals surface area contributed by atoms with E-state index < -0.39 is 24.6 Å². The minimum atomic E-state index is -1.50. The molecule has 3 N–H and O–H groups in total. The summed E-state index contributed by atoms with van der Waals surface area (Å²) in [6.07, 6.45) is 6.05. The Kier molecular flexibility index (Phi) is 9.51. The molecule has 0 bridgehead atoms. The Balaban J connectivity index is 1.44. The average Bonchev–Trinajstić information content (AvgIpc) is 3.23. The maximum atomic E-state index is 14.0. The maximum absolute atomic E-state index is 14.0. The highest BCUT2D eigenvalue weighted by Crippen LogP contribution is 2.72. The van der Waals surface area contributed by atoms with E-state index in [1.807, 2.05) is 0 Å². The maximum Gasteiger partial charge on any atom is 0.311 e. The second-order valence-electron chi connectivity index (χ2n) is 16.5. The summed E-state index contributed by atoms with van der Waals surface area (Å²) in [6.45, 7) is 17.4. The Morgan fingerprint density at radius 2 is 1.62 bits per heavy atom. The summed E-state index contributed by atoms with van der Waals surface area (Å²) < 4.78 is 17.2. The van der Waals surface area contributed by atoms with Crippen LogP contribution in [0.5, 0.6) is 0 Å². The van der Waals surface area contributed by atoms with Crippen LogP contribution < -0.4 is 0 Å². The van der Waals surface area contributed by atoms with E-state index in [-0.39, 0.29) is 58.1 Å². The highest BCUT2D eigenvalue weighted by molar-refractivity contribution is 5.73. The number of hydrogen-bond donors (Lipinski definition) is 3. The minimum absolute atomic E-state index is 0.0354. The number of aliphatic hydroxyl groups is 3. The summed E-state index contributed by atoms with van der Waals surface area (Å²) in [4.78, 5) is 26.0. The molecule has 0 aromatic carbocycles. The van der Waals surface area contributed by atoms with Gasteiger partial charge in [0.25, 0.3) is 0 Å². The van der Waals surface area contributed by atoms with Crippen molar-refractivity contribution in [3.8, 4) is 0 Å². The molecule has 45 heavy (non-hydrogen) atoms. The van der Waals surface area contributed by atoms with Gasteiger partial charge in [-0.15, -0.1) is 0 Å². The normalized spacial score (nSPS) is 43.0. The number of ether oxygens (including phenoxy) is 3. The molecule has 1 saturated heterocycles. The van der Waals surface area contributed by atoms with Crippen molar-refractivity contribution in [1.29, 1.82) is 0 Å². The monoisotopic (exact) mass is 630 g/mol. The van der Waals surface area contributed by atoms with Gasteiger partial charge in [0.2, 0.25) is 6.29 Å². The van der Waals surface area contributed by atoms with E-state index in [1.54, 1.807) is 11.1 Å². The Morgan fingerprint density at radius 3 is 2.29 bits per heavy atom. The Morgan fingerprint density at radius 1 is 0.911 bits per heavy atom. The molecule has 1 aliphatic heterocycles. The number of esters is 2. The second kappa shape index (κ2) is 12.4. The van der Waals surface area contributed by atoms with Gasteiger partial charge in [0.05, 0.1) is 12.5 Å². The molecular weight excluding hydrogens is 572 g/mol. The molecule has 8 nitrogen and oxygen atoms in total. The van der Waals surface area contributed by atoms with Crippen LogP contribution in [0.25, 0.3) is 0 Å². The molecule has 1 heterocycles. The van der Waals surface area contributed by atoms with Gasteiger partial charge in [-0.2, -0.15) is 0 Å². The Labute approximate surface area is 270 Å². The lowest BCUT2D eigenvalue weighted by molar-refractivity contribution is -0.265. The Hall–Kier alpha value is -1.74. The van der Waals surface area contributed by atoms with Crippen LogP contribution >= 0.6 is 0 Å². The third-order valence-corrected chi connectivity index (χ3v) is 13.6. The molecule has 8 heteroatoms. The number of rotatable bonds is 7. The summed E-state index contributed by atoms with van der Waals surface area (Å²) in [5.74, 6) is -0.413. The SMILES string of the molecule is CC(=O)O[C@@H]1CC[C@]2(C)C3=C(CC[C@H]2C1(C)C)[C@]1(C)CC[C@H]([C@@H](CCC=C(C)C)C(=O)O[C@@H]2OC[C@@H](O)[C@H](O)C2O)[C@@]1(C)CC3. The van der Waals surface area contributed by atoms with E-state index in [1.165, 1.54) is 12.5 Å². The van der Waals surface area contributed by atoms with Crippen LogP contribution in [-0.4, -0.2) is 64.6 Å². The fourth-order valence-corrected chi connectivity index (χ4v) is 10.9. The fraction of sp³-hybridized carbons (Fsp3) is 0.838. The van der Waals surface area contributed by atoms with Gasteiger partial charge in [0.1, 0.15) is 24.4 Å². The van der Waals surface area contributed by atoms with Crippen LogP contribution in [0.4, 0.5) is 0 Å². The molecule has 0 aromatic heterocycles. The second-order valence-corrected chi connectivity index (χ2v) is 16.5. The quantitative estimate of drug-likeness (QED) is 0.231. The molecule has 5 rings (SSSR count). The molecular formula is C37H58O8. The predicted octanol–water partition coefficient (Wildman–Crippen LogP) is 6.01. The van der Waals surface area contributed by atoms with Crippen molar-refractivity contribution in [3.05, 3.63) is 22.8 Å². The first-order valence-electron chi connectivity index (χ1n) is 17.4. The summed E-state index contributed by atoms with van der Waals surface area (Å²) in [6, 6.07) is 0. The van der Waals surface area contributed by atoms with Crippen molar-refractivity contribution in [2.75, 3.05) is 6.61 Å². The molecule has 2 saturated carbocycles. The summed E-state index contributed by atoms with van der Waals surface area (Å²) in [5.41, 5.74) is 4.27. The molecule has 5 aliphatic rings. The molecule has 0 radical (unpaired) electrons. The highest BCUT2D eigenvalue weighted by atomic mass is 16.7. The van der Waals surface area contributed by atoms with Crippen molar-refractivity contribution in [2.45, 2.75) is 150 Å². The van der Waals surface area contributed by atoms with E-state index in [0.717, 1.165) is 57.8 Å². The lowest BCUT2D eigenvalue weighted by atomic mass is 9.43. The number of hydrogen-bond acceptors (Lipinski definition) is 8. The first-order chi connectivity index (χ1) is 21.0. The van der Waals surface area contributed by atoms with Crippen LogP contribution in [0.15, 0.2) is 22.8 Å². The van der Waals surface area contributed by atoms with Crippen LogP contribution in [0, 0.1) is 39.4 Å². The van der Waals surface area contributed by atoms with E-state index >= 15 is 0 Å². The lowest BCUT2D eigenvalue weighted by Crippen LogP contribution is -2.56. The topological polar surface area (TPSA) is 123 Å². The molecule has 0 aromatic rings. The third kappa shape index (κ3) is 5.74. The molecule has 254 valence electrons. The van der Waals surface area contributed by atoms with Crippen molar-refractivity contribution >= 4 is 11.9 Å². The number of fused-ring (bicyclic) bond motifs is 4. The molecule has 0 spiro atoms. The van der Waals surface area contributed by atoms with Gasteiger partial charge in [0, 0.05) is 12.3 Å². The van der Waals surface area contributed by atoms with Gasteiger partial charge in [0.15, 0.2) is 0 Å². The zero-order valence-electron chi connectivity index (χ0n) is 28.9. The van der Waals surface area contributed by atoms with Crippen LogP contribution in [0.1, 0.15) is 120 Å². The van der Waals surface area contributed by atoms with Gasteiger partial charge in [-0.05, 0) is 106 Å². The van der Waals surface area contributed by atoms with E-state index in [2.05, 4.69) is 54.5 Å². The van der Waals surface area contributed by atoms with E-state index in [9.17, 15) is 24.9 Å². The lowest BCUT2D eigenvalue weighted by Gasteiger charge is -2.62. The van der Waals surface area contributed by atoms with Gasteiger partial charge < -0.3 is 29.5 Å². The average molecular weight is 631 g/mol. The van der Waals surface area contributed by atoms with Gasteiger partial charge >= 0.3 is 11.9 Å². The number of carbonyl (C=O) groups excluding carboxylic acids is 2. The molecule has 1 unspecified atom stereocenters. The van der Waals surface area contributed by atoms with Crippen molar-refractivity contribution in [3.63, 3.8) is 0 Å². The third-order valence-electron chi connectivity index (χ3n) is 13.6. The number of carbonyl (C=O) groups is 2. The van der Waals surface area contributed by atoms with Crippen molar-refractivity contribution in [2.24, 2.45) is 39.4 Å². The van der Waals surface area contributed by atoms with Crippen LogP contribution in [0.2, 0.25) is 0 Å². The van der Waals surface area contributed by atoms with Crippen LogP contribution in [0.3, 0.4) is 0 Å². The van der Waals surface area contributed by atoms with Crippen LogP contribution in [-0.2, 0) is 23.8 Å². The standard InChI is InChI=1S/C37H58O8/c1-21(2)10-9-11-23(32(42)45-33-31(41)30(40)27(39)20-43-33)24-14-18-37(8)26-12-13-28-34(4,5)29(44-22(3)38)16-17-35(28,6)25(26)15-19-36(24,37)7/h10,23-24,27-31,33,39-41H,9,11-20H2,1-8H3/t23-,24-,27-,28+,29-,30+,31?,33+,35-,36-,37+/m1/s1. The largest absolute Gasteiger partial charge is 0.462 e. The van der Waals surface area contributed by atoms with Crippen molar-refractivity contribution < 1.29 is 39.1 Å². The highest BCUT2D eigenvalue weighted by Gasteiger charge is 2.64. The van der Waals surface area contributed by atoms with Gasteiger partial charge in [-0.3, -0.25) is 9.59 Å². The molecule has 3 fully saturated rings. The summed E-state index contributed by atoms with van der Waals surface area (Å²) in [5, 5.41) is 30.6. The van der Waals surface area contributed by atoms with Gasteiger partial charge in [-0.1, -0.05) is 57.4 Å². The zero-order valence-corrected chi connectivity index (χ0v) is 28.9. The van der Waals surface area contributed by atoms with E-state index in [0.29, 0.717) is 12.3 Å². The molecule has 4 aliphatic carbocycles. The summed E-state index contributed by atoms with van der Waals surface area (Å²) >= 11 is 0. The van der Waals surface area contributed by atoms with E-state index in [4.69, 9.17) is 14.2 Å². The first-order valence-corrected chi connectivity index (χ1v) is 17.4. The first kappa shape index (κ1) is 34.6. The predicted molar refractivity (Wildman–Crippen MR) is 171 cm³/mol. The fourth-order valence-electron chi connectivity index (χ4n) is 10.9. The summed E-state index contributed by atoms with van der Waals surface area (Å²) in [7, 11) is 0.